The lowest BCUT2D eigenvalue weighted by atomic mass is 9.96. The number of hydrogen-bond acceptors (Lipinski definition) is 4. The predicted octanol–water partition coefficient (Wildman–Crippen LogP) is 0.812. The lowest BCUT2D eigenvalue weighted by Crippen LogP contribution is -2.66. The van der Waals surface area contributed by atoms with E-state index in [0.29, 0.717) is 19.4 Å². The SMILES string of the molecule is CC(C)(C)OC(=O)N1C2CCC1(C(=O)O)CNC2. The molecule has 18 heavy (non-hydrogen) atoms. The largest absolute Gasteiger partial charge is 0.479 e. The molecule has 0 radical (unpaired) electrons. The number of nitrogens with one attached hydrogen (secondary N) is 1. The summed E-state index contributed by atoms with van der Waals surface area (Å²) < 4.78 is 5.33. The van der Waals surface area contributed by atoms with Gasteiger partial charge < -0.3 is 15.2 Å². The van der Waals surface area contributed by atoms with E-state index >= 15 is 0 Å². The first-order valence-electron chi connectivity index (χ1n) is 6.23. The molecule has 2 N–H and O–H groups in total. The Morgan fingerprint density at radius 3 is 2.67 bits per heavy atom. The minimum Gasteiger partial charge on any atom is -0.479 e. The molecule has 2 rings (SSSR count). The third kappa shape index (κ3) is 2.05. The van der Waals surface area contributed by atoms with Gasteiger partial charge in [0.1, 0.15) is 5.60 Å². The molecule has 0 aromatic heterocycles. The summed E-state index contributed by atoms with van der Waals surface area (Å²) in [6.45, 7) is 6.26. The molecule has 2 aliphatic heterocycles. The van der Waals surface area contributed by atoms with E-state index < -0.39 is 23.2 Å². The van der Waals surface area contributed by atoms with Crippen molar-refractivity contribution in [1.82, 2.24) is 10.2 Å². The number of rotatable bonds is 1. The number of nitrogens with zero attached hydrogens (tertiary/aromatic N) is 1. The molecule has 6 heteroatoms. The van der Waals surface area contributed by atoms with E-state index in [2.05, 4.69) is 5.32 Å². The van der Waals surface area contributed by atoms with Gasteiger partial charge in [-0.05, 0) is 33.6 Å². The summed E-state index contributed by atoms with van der Waals surface area (Å²) in [6.07, 6.45) is 0.673. The number of hydrogen-bond donors (Lipinski definition) is 2. The number of carboxylic acid groups (broad SMARTS) is 1. The number of carbonyl (C=O) groups is 2. The summed E-state index contributed by atoms with van der Waals surface area (Å²) in [5.41, 5.74) is -1.74. The quantitative estimate of drug-likeness (QED) is 0.726. The van der Waals surface area contributed by atoms with Gasteiger partial charge in [0, 0.05) is 19.1 Å². The van der Waals surface area contributed by atoms with Crippen LogP contribution in [-0.2, 0) is 9.53 Å². The van der Waals surface area contributed by atoms with Crippen LogP contribution >= 0.6 is 0 Å². The second-order valence-corrected chi connectivity index (χ2v) is 6.01. The zero-order chi connectivity index (χ0) is 13.6. The molecule has 2 aliphatic rings. The molecule has 6 nitrogen and oxygen atoms in total. The Morgan fingerprint density at radius 1 is 1.44 bits per heavy atom. The number of piperazine rings is 1. The Bertz CT molecular complexity index is 373. The second kappa shape index (κ2) is 4.12. The molecule has 2 fully saturated rings. The van der Waals surface area contributed by atoms with Crippen molar-refractivity contribution in [3.63, 3.8) is 0 Å². The molecule has 2 atom stereocenters. The molecule has 2 bridgehead atoms. The summed E-state index contributed by atoms with van der Waals surface area (Å²) in [5.74, 6) is -0.956. The molecule has 0 spiro atoms. The van der Waals surface area contributed by atoms with E-state index in [-0.39, 0.29) is 12.6 Å². The average Bonchev–Trinajstić information content (AvgIpc) is 2.45. The van der Waals surface area contributed by atoms with Crippen LogP contribution in [0.25, 0.3) is 0 Å². The number of carboxylic acids is 1. The van der Waals surface area contributed by atoms with Crippen LogP contribution in [0.3, 0.4) is 0 Å². The van der Waals surface area contributed by atoms with Gasteiger partial charge in [-0.2, -0.15) is 0 Å². The molecule has 2 unspecified atom stereocenters. The van der Waals surface area contributed by atoms with E-state index in [1.807, 2.05) is 0 Å². The van der Waals surface area contributed by atoms with Crippen LogP contribution in [0, 0.1) is 0 Å². The fourth-order valence-electron chi connectivity index (χ4n) is 2.74. The van der Waals surface area contributed by atoms with Crippen molar-refractivity contribution in [3.05, 3.63) is 0 Å². The second-order valence-electron chi connectivity index (χ2n) is 6.01. The van der Waals surface area contributed by atoms with Crippen molar-refractivity contribution in [2.75, 3.05) is 13.1 Å². The van der Waals surface area contributed by atoms with Gasteiger partial charge in [-0.15, -0.1) is 0 Å². The number of fused-ring (bicyclic) bond motifs is 2. The first-order chi connectivity index (χ1) is 8.26. The monoisotopic (exact) mass is 256 g/mol. The summed E-state index contributed by atoms with van der Waals surface area (Å²) >= 11 is 0. The Morgan fingerprint density at radius 2 is 2.11 bits per heavy atom. The molecule has 0 aromatic carbocycles. The van der Waals surface area contributed by atoms with Crippen LogP contribution in [0.5, 0.6) is 0 Å². The highest BCUT2D eigenvalue weighted by Gasteiger charge is 2.57. The topological polar surface area (TPSA) is 78.9 Å². The van der Waals surface area contributed by atoms with Crippen molar-refractivity contribution in [3.8, 4) is 0 Å². The standard InChI is InChI=1S/C12H20N2O4/c1-11(2,3)18-10(17)14-8-4-5-12(14,9(15)16)7-13-6-8/h8,13H,4-7H2,1-3H3,(H,15,16). The normalized spacial score (nSPS) is 31.3. The van der Waals surface area contributed by atoms with Crippen molar-refractivity contribution in [2.45, 2.75) is 50.8 Å². The number of ether oxygens (including phenoxy) is 1. The summed E-state index contributed by atoms with van der Waals surface area (Å²) in [5, 5.41) is 12.5. The molecule has 0 saturated carbocycles. The van der Waals surface area contributed by atoms with Crippen LogP contribution in [-0.4, -0.2) is 52.3 Å². The van der Waals surface area contributed by atoms with Crippen LogP contribution in [0.15, 0.2) is 0 Å². The van der Waals surface area contributed by atoms with Crippen molar-refractivity contribution < 1.29 is 19.4 Å². The Balaban J connectivity index is 2.25. The maximum Gasteiger partial charge on any atom is 0.411 e. The number of aliphatic carboxylic acids is 1. The van der Waals surface area contributed by atoms with Crippen LogP contribution in [0.2, 0.25) is 0 Å². The predicted molar refractivity (Wildman–Crippen MR) is 64.3 cm³/mol. The summed E-state index contributed by atoms with van der Waals surface area (Å²) in [6, 6.07) is -0.0790. The van der Waals surface area contributed by atoms with Gasteiger partial charge >= 0.3 is 12.1 Å². The van der Waals surface area contributed by atoms with Crippen molar-refractivity contribution >= 4 is 12.1 Å². The Hall–Kier alpha value is -1.30. The van der Waals surface area contributed by atoms with E-state index in [4.69, 9.17) is 4.74 Å². The van der Waals surface area contributed by atoms with E-state index in [1.54, 1.807) is 20.8 Å². The van der Waals surface area contributed by atoms with Gasteiger partial charge in [-0.1, -0.05) is 0 Å². The molecule has 0 aromatic rings. The lowest BCUT2D eigenvalue weighted by molar-refractivity contribution is -0.151. The zero-order valence-electron chi connectivity index (χ0n) is 11.0. The van der Waals surface area contributed by atoms with Crippen molar-refractivity contribution in [1.29, 1.82) is 0 Å². The third-order valence-corrected chi connectivity index (χ3v) is 3.50. The molecule has 1 amide bonds. The molecule has 2 heterocycles. The number of amides is 1. The van der Waals surface area contributed by atoms with Crippen LogP contribution < -0.4 is 5.32 Å². The first-order valence-corrected chi connectivity index (χ1v) is 6.23. The lowest BCUT2D eigenvalue weighted by Gasteiger charge is -2.42. The highest BCUT2D eigenvalue weighted by Crippen LogP contribution is 2.37. The summed E-state index contributed by atoms with van der Waals surface area (Å²) in [7, 11) is 0. The fourth-order valence-corrected chi connectivity index (χ4v) is 2.74. The van der Waals surface area contributed by atoms with Crippen LogP contribution in [0.1, 0.15) is 33.6 Å². The smallest absolute Gasteiger partial charge is 0.411 e. The van der Waals surface area contributed by atoms with Crippen LogP contribution in [0.4, 0.5) is 4.79 Å². The average molecular weight is 256 g/mol. The third-order valence-electron chi connectivity index (χ3n) is 3.50. The van der Waals surface area contributed by atoms with Gasteiger partial charge in [0.2, 0.25) is 0 Å². The van der Waals surface area contributed by atoms with Gasteiger partial charge in [-0.3, -0.25) is 4.90 Å². The molecule has 2 saturated heterocycles. The number of carbonyl (C=O) groups excluding carboxylic acids is 1. The minimum absolute atomic E-state index is 0.0790. The minimum atomic E-state index is -1.13. The molecular formula is C12H20N2O4. The van der Waals surface area contributed by atoms with Crippen molar-refractivity contribution in [2.24, 2.45) is 0 Å². The Kier molecular flexibility index (Phi) is 3.01. The van der Waals surface area contributed by atoms with Gasteiger partial charge in [0.25, 0.3) is 0 Å². The first kappa shape index (κ1) is 13.1. The molecular weight excluding hydrogens is 236 g/mol. The zero-order valence-corrected chi connectivity index (χ0v) is 11.0. The highest BCUT2D eigenvalue weighted by molar-refractivity contribution is 5.86. The Labute approximate surface area is 106 Å². The van der Waals surface area contributed by atoms with E-state index in [1.165, 1.54) is 4.90 Å². The van der Waals surface area contributed by atoms with E-state index in [9.17, 15) is 14.7 Å². The van der Waals surface area contributed by atoms with Gasteiger partial charge in [0.05, 0.1) is 0 Å². The van der Waals surface area contributed by atoms with Gasteiger partial charge in [0.15, 0.2) is 5.54 Å². The van der Waals surface area contributed by atoms with Gasteiger partial charge in [-0.25, -0.2) is 9.59 Å². The highest BCUT2D eigenvalue weighted by atomic mass is 16.6. The maximum absolute atomic E-state index is 12.2. The fraction of sp³-hybridized carbons (Fsp3) is 0.833. The maximum atomic E-state index is 12.2. The molecule has 102 valence electrons. The van der Waals surface area contributed by atoms with E-state index in [0.717, 1.165) is 0 Å². The molecule has 0 aliphatic carbocycles. The summed E-state index contributed by atoms with van der Waals surface area (Å²) in [4.78, 5) is 25.1.